The highest BCUT2D eigenvalue weighted by atomic mass is 19.3. The molecule has 1 aliphatic carbocycles. The quantitative estimate of drug-likeness (QED) is 0.362. The molecular weight excluding hydrogens is 503 g/mol. The molecule has 3 rings (SSSR count). The molecule has 1 aromatic carbocycles. The van der Waals surface area contributed by atoms with E-state index in [1.54, 1.807) is 17.0 Å². The lowest BCUT2D eigenvalue weighted by atomic mass is 9.87. The van der Waals surface area contributed by atoms with Gasteiger partial charge in [-0.2, -0.15) is 0 Å². The molecule has 39 heavy (non-hydrogen) atoms. The van der Waals surface area contributed by atoms with Gasteiger partial charge in [0.25, 0.3) is 0 Å². The van der Waals surface area contributed by atoms with Crippen LogP contribution in [0.1, 0.15) is 78.7 Å². The first kappa shape index (κ1) is 30.5. The van der Waals surface area contributed by atoms with Crippen molar-refractivity contribution in [1.29, 1.82) is 0 Å². The van der Waals surface area contributed by atoms with Gasteiger partial charge in [-0.3, -0.25) is 9.69 Å². The van der Waals surface area contributed by atoms with Gasteiger partial charge < -0.3 is 10.2 Å². The van der Waals surface area contributed by atoms with Crippen molar-refractivity contribution < 1.29 is 22.8 Å². The Labute approximate surface area is 230 Å². The van der Waals surface area contributed by atoms with Crippen LogP contribution in [0.3, 0.4) is 0 Å². The Morgan fingerprint density at radius 1 is 1.15 bits per heavy atom. The molecule has 0 aromatic heterocycles. The molecule has 8 heteroatoms. The second kappa shape index (κ2) is 12.4. The summed E-state index contributed by atoms with van der Waals surface area (Å²) >= 11 is 0. The lowest BCUT2D eigenvalue weighted by Crippen LogP contribution is -2.57. The normalized spacial score (nSPS) is 21.4. The molecule has 2 atom stereocenters. The van der Waals surface area contributed by atoms with Gasteiger partial charge in [0, 0.05) is 37.2 Å². The van der Waals surface area contributed by atoms with E-state index in [1.165, 1.54) is 30.1 Å². The minimum Gasteiger partial charge on any atom is -0.351 e. The first-order chi connectivity index (χ1) is 18.3. The molecule has 1 aromatic rings. The summed E-state index contributed by atoms with van der Waals surface area (Å²) in [7, 11) is 0. The lowest BCUT2D eigenvalue weighted by Gasteiger charge is -2.37. The Kier molecular flexibility index (Phi) is 9.73. The maximum Gasteiger partial charge on any atom is 0.325 e. The van der Waals surface area contributed by atoms with Gasteiger partial charge in [-0.1, -0.05) is 51.6 Å². The predicted octanol–water partition coefficient (Wildman–Crippen LogP) is 7.44. The van der Waals surface area contributed by atoms with Crippen molar-refractivity contribution in [2.24, 2.45) is 0 Å². The number of carbonyl (C=O) groups is 2. The molecule has 0 bridgehead atoms. The molecule has 214 valence electrons. The summed E-state index contributed by atoms with van der Waals surface area (Å²) in [5, 5.41) is 2.89. The fraction of sp³-hybridized carbons (Fsp3) is 0.548. The number of hydrogen-bond donors (Lipinski definition) is 1. The second-order valence-corrected chi connectivity index (χ2v) is 11.7. The van der Waals surface area contributed by atoms with Crippen LogP contribution in [0.25, 0.3) is 0 Å². The second-order valence-electron chi connectivity index (χ2n) is 11.7. The summed E-state index contributed by atoms with van der Waals surface area (Å²) in [5.41, 5.74) is 1.61. The zero-order chi connectivity index (χ0) is 29.0. The molecule has 1 aliphatic heterocycles. The van der Waals surface area contributed by atoms with E-state index in [-0.39, 0.29) is 48.7 Å². The molecule has 1 N–H and O–H groups in total. The number of amides is 3. The molecule has 3 amide bonds. The zero-order valence-corrected chi connectivity index (χ0v) is 23.8. The smallest absolute Gasteiger partial charge is 0.325 e. The van der Waals surface area contributed by atoms with E-state index in [1.807, 2.05) is 19.1 Å². The lowest BCUT2D eigenvalue weighted by molar-refractivity contribution is -0.123. The van der Waals surface area contributed by atoms with Crippen LogP contribution in [0.15, 0.2) is 60.5 Å². The first-order valence-electron chi connectivity index (χ1n) is 13.8. The number of rotatable bonds is 7. The van der Waals surface area contributed by atoms with Gasteiger partial charge in [0.05, 0.1) is 0 Å². The van der Waals surface area contributed by atoms with Gasteiger partial charge >= 0.3 is 6.03 Å². The molecule has 5 nitrogen and oxygen atoms in total. The summed E-state index contributed by atoms with van der Waals surface area (Å²) in [5.74, 6) is -3.88. The average Bonchev–Trinajstić information content (AvgIpc) is 3.32. The van der Waals surface area contributed by atoms with Crippen LogP contribution in [0, 0.1) is 0 Å². The van der Waals surface area contributed by atoms with Crippen LogP contribution in [-0.2, 0) is 10.2 Å². The number of benzene rings is 1. The number of nitrogens with one attached hydrogen (secondary N) is 1. The Hall–Kier alpha value is -3.03. The van der Waals surface area contributed by atoms with E-state index in [0.717, 1.165) is 18.4 Å². The molecular formula is C31H42F3N3O2. The van der Waals surface area contributed by atoms with Crippen molar-refractivity contribution in [2.45, 2.75) is 103 Å². The third kappa shape index (κ3) is 7.55. The minimum absolute atomic E-state index is 0.0263. The number of urea groups is 1. The van der Waals surface area contributed by atoms with Gasteiger partial charge in [0.2, 0.25) is 11.8 Å². The van der Waals surface area contributed by atoms with Gasteiger partial charge in [-0.05, 0) is 74.3 Å². The molecule has 2 fully saturated rings. The number of halogens is 3. The summed E-state index contributed by atoms with van der Waals surface area (Å²) in [6, 6.07) is 5.32. The minimum atomic E-state index is -2.75. The molecule has 1 saturated carbocycles. The van der Waals surface area contributed by atoms with Gasteiger partial charge in [-0.15, -0.1) is 0 Å². The predicted molar refractivity (Wildman–Crippen MR) is 151 cm³/mol. The Bertz CT molecular complexity index is 1100. The summed E-state index contributed by atoms with van der Waals surface area (Å²) in [6.07, 6.45) is 5.13. The highest BCUT2D eigenvalue weighted by molar-refractivity contribution is 6.02. The maximum atomic E-state index is 14.6. The van der Waals surface area contributed by atoms with Crippen LogP contribution >= 0.6 is 0 Å². The molecule has 1 saturated heterocycles. The number of nitrogens with zero attached hydrogens (tertiary/aromatic N) is 2. The van der Waals surface area contributed by atoms with Crippen molar-refractivity contribution in [1.82, 2.24) is 10.2 Å². The number of likely N-dealkylation sites (tertiary alicyclic amines) is 1. The van der Waals surface area contributed by atoms with Crippen LogP contribution < -0.4 is 10.2 Å². The number of hydrogen-bond acceptors (Lipinski definition) is 2. The summed E-state index contributed by atoms with van der Waals surface area (Å²) < 4.78 is 42.1. The van der Waals surface area contributed by atoms with E-state index in [0.29, 0.717) is 12.2 Å². The SMILES string of the molecule is C=C/C(=C\C(F)=C/C)C(C(=O)NC1CCC(F)(F)CC1)N(C(=O)N1CCCC1C)c1ccc(C(C)(C)C)cc1. The number of carbonyl (C=O) groups excluding carboxylic acids is 2. The Morgan fingerprint density at radius 2 is 1.77 bits per heavy atom. The fourth-order valence-electron chi connectivity index (χ4n) is 5.22. The largest absolute Gasteiger partial charge is 0.351 e. The van der Waals surface area contributed by atoms with Crippen molar-refractivity contribution >= 4 is 17.6 Å². The average molecular weight is 546 g/mol. The molecule has 2 unspecified atom stereocenters. The van der Waals surface area contributed by atoms with Crippen LogP contribution in [0.2, 0.25) is 0 Å². The van der Waals surface area contributed by atoms with Crippen LogP contribution in [0.4, 0.5) is 23.7 Å². The highest BCUT2D eigenvalue weighted by Crippen LogP contribution is 2.34. The monoisotopic (exact) mass is 545 g/mol. The number of allylic oxidation sites excluding steroid dienone is 3. The van der Waals surface area contributed by atoms with Crippen molar-refractivity contribution in [3.05, 3.63) is 66.0 Å². The van der Waals surface area contributed by atoms with Crippen molar-refractivity contribution in [2.75, 3.05) is 11.4 Å². The van der Waals surface area contributed by atoms with Gasteiger partial charge in [0.15, 0.2) is 0 Å². The van der Waals surface area contributed by atoms with Crippen molar-refractivity contribution in [3.8, 4) is 0 Å². The zero-order valence-electron chi connectivity index (χ0n) is 23.8. The van der Waals surface area contributed by atoms with Crippen LogP contribution in [0.5, 0.6) is 0 Å². The summed E-state index contributed by atoms with van der Waals surface area (Å²) in [6.45, 7) is 14.1. The molecule has 2 aliphatic rings. The van der Waals surface area contributed by atoms with E-state index in [9.17, 15) is 22.8 Å². The van der Waals surface area contributed by atoms with E-state index >= 15 is 0 Å². The Balaban J connectivity index is 2.10. The number of alkyl halides is 2. The highest BCUT2D eigenvalue weighted by Gasteiger charge is 2.41. The van der Waals surface area contributed by atoms with Gasteiger partial charge in [-0.25, -0.2) is 18.0 Å². The van der Waals surface area contributed by atoms with E-state index < -0.39 is 29.7 Å². The standard InChI is InChI=1S/C31H42F3N3O2/c1-7-22(20-24(32)8-2)27(28(38)35-25-15-17-31(33,34)18-16-25)37(29(39)36-19-9-10-21(36)3)26-13-11-23(12-14-26)30(4,5)6/h7-8,11-14,20-21,25,27H,1,9-10,15-19H2,2-6H3,(H,35,38)/b22-20+,24-8+. The molecule has 1 heterocycles. The summed E-state index contributed by atoms with van der Waals surface area (Å²) in [4.78, 5) is 31.2. The fourth-order valence-corrected chi connectivity index (χ4v) is 5.22. The van der Waals surface area contributed by atoms with Gasteiger partial charge in [0.1, 0.15) is 11.9 Å². The topological polar surface area (TPSA) is 52.7 Å². The third-order valence-corrected chi connectivity index (χ3v) is 7.72. The van der Waals surface area contributed by atoms with E-state index in [4.69, 9.17) is 0 Å². The first-order valence-corrected chi connectivity index (χ1v) is 13.8. The van der Waals surface area contributed by atoms with Crippen molar-refractivity contribution in [3.63, 3.8) is 0 Å². The molecule has 0 radical (unpaired) electrons. The van der Waals surface area contributed by atoms with E-state index in [2.05, 4.69) is 32.7 Å². The van der Waals surface area contributed by atoms with Crippen LogP contribution in [-0.4, -0.2) is 47.4 Å². The number of anilines is 1. The molecule has 0 spiro atoms. The maximum absolute atomic E-state index is 14.6. The Morgan fingerprint density at radius 3 is 2.26 bits per heavy atom. The third-order valence-electron chi connectivity index (χ3n) is 7.72.